The summed E-state index contributed by atoms with van der Waals surface area (Å²) in [5.74, 6) is 0. The zero-order valence-corrected chi connectivity index (χ0v) is 21.5. The fourth-order valence-electron chi connectivity index (χ4n) is 8.05. The molecular weight excluding hydrogens is 484 g/mol. The van der Waals surface area contributed by atoms with Gasteiger partial charge in [-0.1, -0.05) is 87.4 Å². The first-order chi connectivity index (χ1) is 18.3. The van der Waals surface area contributed by atoms with Gasteiger partial charge in [-0.2, -0.15) is 0 Å². The molecule has 0 radical (unpaired) electrons. The minimum absolute atomic E-state index is 0.0137. The molecule has 3 aromatic rings. The SMILES string of the molecule is CCCCc1ccc(C2(F)C3=C4c5ccc6c7c5C(=C3C7(F)C6(F)c3ccc(CCCC)cc3)C42F)cc1. The Kier molecular flexibility index (Phi) is 4.13. The van der Waals surface area contributed by atoms with Crippen LogP contribution in [-0.4, -0.2) is 5.67 Å². The van der Waals surface area contributed by atoms with Crippen LogP contribution in [0.15, 0.2) is 71.8 Å². The van der Waals surface area contributed by atoms with E-state index >= 15 is 17.6 Å². The maximum atomic E-state index is 17.4. The number of hydrogen-bond donors (Lipinski definition) is 0. The second-order valence-electron chi connectivity index (χ2n) is 11.6. The molecule has 0 heterocycles. The molecule has 3 aromatic carbocycles. The lowest BCUT2D eigenvalue weighted by Gasteiger charge is -2.51. The summed E-state index contributed by atoms with van der Waals surface area (Å²) in [7, 11) is 0. The molecule has 4 heteroatoms. The summed E-state index contributed by atoms with van der Waals surface area (Å²) in [6.07, 6.45) is 5.87. The monoisotopic (exact) mass is 512 g/mol. The number of allylic oxidation sites excluding steroid dienone is 4. The summed E-state index contributed by atoms with van der Waals surface area (Å²) in [6, 6.07) is 17.2. The average molecular weight is 513 g/mol. The highest BCUT2D eigenvalue weighted by Crippen LogP contribution is 2.88. The zero-order chi connectivity index (χ0) is 26.2. The van der Waals surface area contributed by atoms with Crippen LogP contribution in [-0.2, 0) is 29.8 Å². The molecule has 8 rings (SSSR count). The molecule has 0 saturated carbocycles. The Bertz CT molecular complexity index is 1630. The molecule has 38 heavy (non-hydrogen) atoms. The van der Waals surface area contributed by atoms with Crippen LogP contribution in [0.2, 0.25) is 0 Å². The van der Waals surface area contributed by atoms with Crippen LogP contribution < -0.4 is 0 Å². The van der Waals surface area contributed by atoms with E-state index in [0.717, 1.165) is 49.7 Å². The van der Waals surface area contributed by atoms with Crippen molar-refractivity contribution in [3.8, 4) is 0 Å². The number of hydrogen-bond acceptors (Lipinski definition) is 0. The van der Waals surface area contributed by atoms with E-state index in [-0.39, 0.29) is 44.5 Å². The Balaban J connectivity index is 1.25. The van der Waals surface area contributed by atoms with Crippen LogP contribution in [0.4, 0.5) is 17.6 Å². The third-order valence-electron chi connectivity index (χ3n) is 9.86. The van der Waals surface area contributed by atoms with Crippen LogP contribution in [0.5, 0.6) is 0 Å². The average Bonchev–Trinajstić information content (AvgIpc) is 3.54. The van der Waals surface area contributed by atoms with Crippen molar-refractivity contribution in [2.24, 2.45) is 0 Å². The maximum absolute atomic E-state index is 17.4. The topological polar surface area (TPSA) is 0 Å². The van der Waals surface area contributed by atoms with Crippen molar-refractivity contribution in [3.05, 3.63) is 116 Å². The maximum Gasteiger partial charge on any atom is 0.205 e. The van der Waals surface area contributed by atoms with Gasteiger partial charge in [-0.05, 0) is 59.1 Å². The molecule has 4 unspecified atom stereocenters. The Morgan fingerprint density at radius 2 is 1.05 bits per heavy atom. The minimum Gasteiger partial charge on any atom is -0.229 e. The molecule has 192 valence electrons. The van der Waals surface area contributed by atoms with Gasteiger partial charge in [-0.15, -0.1) is 0 Å². The third kappa shape index (κ3) is 2.04. The van der Waals surface area contributed by atoms with Gasteiger partial charge in [-0.3, -0.25) is 0 Å². The van der Waals surface area contributed by atoms with E-state index in [2.05, 4.69) is 13.8 Å². The lowest BCUT2D eigenvalue weighted by atomic mass is 9.56. The van der Waals surface area contributed by atoms with Gasteiger partial charge in [0.25, 0.3) is 0 Å². The summed E-state index contributed by atoms with van der Waals surface area (Å²) in [5, 5.41) is 0. The number of rotatable bonds is 8. The number of benzene rings is 3. The van der Waals surface area contributed by atoms with Gasteiger partial charge >= 0.3 is 0 Å². The van der Waals surface area contributed by atoms with Crippen molar-refractivity contribution in [2.75, 3.05) is 0 Å². The number of aryl methyl sites for hydroxylation is 2. The van der Waals surface area contributed by atoms with Crippen LogP contribution in [0.1, 0.15) is 84.0 Å². The van der Waals surface area contributed by atoms with Gasteiger partial charge in [-0.25, -0.2) is 17.6 Å². The second-order valence-corrected chi connectivity index (χ2v) is 11.6. The van der Waals surface area contributed by atoms with Crippen LogP contribution in [0.25, 0.3) is 11.1 Å². The molecule has 0 amide bonds. The van der Waals surface area contributed by atoms with E-state index in [1.807, 2.05) is 24.3 Å². The van der Waals surface area contributed by atoms with Gasteiger partial charge in [0.1, 0.15) is 0 Å². The third-order valence-corrected chi connectivity index (χ3v) is 9.86. The normalized spacial score (nSPS) is 32.3. The molecule has 5 aliphatic carbocycles. The molecule has 0 N–H and O–H groups in total. The highest BCUT2D eigenvalue weighted by atomic mass is 19.2. The highest BCUT2D eigenvalue weighted by Gasteiger charge is 2.88. The molecule has 4 bridgehead atoms. The molecule has 5 aliphatic rings. The standard InChI is InChI=1S/C34H28F4/c1-3-5-7-19-9-13-21(14-10-19)31(35)24-18-17-23-25-27(24)34(31,38)30-28(25)33(37)26(23)29(30)32(33,36)22-15-11-20(12-16-22)8-6-4-2/h9-18H,3-8H2,1-2H3. The highest BCUT2D eigenvalue weighted by molar-refractivity contribution is 6.22. The van der Waals surface area contributed by atoms with Gasteiger partial charge in [0.2, 0.25) is 22.7 Å². The Morgan fingerprint density at radius 1 is 0.526 bits per heavy atom. The summed E-state index contributed by atoms with van der Waals surface area (Å²) in [6.45, 7) is 4.22. The first-order valence-electron chi connectivity index (χ1n) is 13.9. The quantitative estimate of drug-likeness (QED) is 0.264. The molecule has 0 aliphatic heterocycles. The van der Waals surface area contributed by atoms with Crippen LogP contribution in [0, 0.1) is 0 Å². The van der Waals surface area contributed by atoms with Crippen molar-refractivity contribution in [3.63, 3.8) is 0 Å². The molecule has 0 saturated heterocycles. The minimum atomic E-state index is -2.59. The van der Waals surface area contributed by atoms with E-state index in [9.17, 15) is 0 Å². The van der Waals surface area contributed by atoms with E-state index < -0.39 is 22.7 Å². The molecule has 0 nitrogen and oxygen atoms in total. The molecule has 0 fully saturated rings. The van der Waals surface area contributed by atoms with Gasteiger partial charge in [0.05, 0.1) is 0 Å². The lowest BCUT2D eigenvalue weighted by molar-refractivity contribution is -0.0266. The summed E-state index contributed by atoms with van der Waals surface area (Å²) in [5.41, 5.74) is -6.01. The number of fused-ring (bicyclic) bond motifs is 2. The largest absolute Gasteiger partial charge is 0.229 e. The van der Waals surface area contributed by atoms with Crippen molar-refractivity contribution < 1.29 is 17.6 Å². The molecule has 0 spiro atoms. The smallest absolute Gasteiger partial charge is 0.205 e. The Labute approximate surface area is 220 Å². The predicted octanol–water partition coefficient (Wildman–Crippen LogP) is 8.90. The lowest BCUT2D eigenvalue weighted by Crippen LogP contribution is -2.56. The van der Waals surface area contributed by atoms with Crippen LogP contribution >= 0.6 is 0 Å². The zero-order valence-electron chi connectivity index (χ0n) is 21.5. The van der Waals surface area contributed by atoms with E-state index in [4.69, 9.17) is 0 Å². The fourth-order valence-corrected chi connectivity index (χ4v) is 8.05. The molecule has 0 aromatic heterocycles. The first kappa shape index (κ1) is 22.8. The second kappa shape index (κ2) is 6.89. The van der Waals surface area contributed by atoms with Crippen molar-refractivity contribution in [2.45, 2.75) is 75.0 Å². The van der Waals surface area contributed by atoms with Gasteiger partial charge in [0.15, 0.2) is 0 Å². The van der Waals surface area contributed by atoms with Crippen molar-refractivity contribution in [1.82, 2.24) is 0 Å². The van der Waals surface area contributed by atoms with E-state index in [1.54, 1.807) is 36.4 Å². The predicted molar refractivity (Wildman–Crippen MR) is 142 cm³/mol. The van der Waals surface area contributed by atoms with E-state index in [1.165, 1.54) is 0 Å². The fraction of sp³-hybridized carbons (Fsp3) is 0.353. The van der Waals surface area contributed by atoms with E-state index in [0.29, 0.717) is 11.1 Å². The molecular formula is C34H28F4. The summed E-state index contributed by atoms with van der Waals surface area (Å²) < 4.78 is 68.7. The number of alkyl halides is 4. The van der Waals surface area contributed by atoms with Gasteiger partial charge in [0, 0.05) is 33.4 Å². The Hall–Kier alpha value is -3.14. The molecule has 4 atom stereocenters. The van der Waals surface area contributed by atoms with Gasteiger partial charge < -0.3 is 0 Å². The number of halogens is 4. The Morgan fingerprint density at radius 3 is 1.61 bits per heavy atom. The number of unbranched alkanes of at least 4 members (excludes halogenated alkanes) is 2. The van der Waals surface area contributed by atoms with Crippen molar-refractivity contribution >= 4 is 11.1 Å². The summed E-state index contributed by atoms with van der Waals surface area (Å²) in [4.78, 5) is 0. The first-order valence-corrected chi connectivity index (χ1v) is 13.9. The van der Waals surface area contributed by atoms with Crippen molar-refractivity contribution in [1.29, 1.82) is 0 Å². The summed E-state index contributed by atoms with van der Waals surface area (Å²) >= 11 is 0. The van der Waals surface area contributed by atoms with Crippen LogP contribution in [0.3, 0.4) is 0 Å².